The Bertz CT molecular complexity index is 680. The van der Waals surface area contributed by atoms with E-state index in [2.05, 4.69) is 25.4 Å². The predicted octanol–water partition coefficient (Wildman–Crippen LogP) is 3.20. The summed E-state index contributed by atoms with van der Waals surface area (Å²) in [6.45, 7) is 3.58. The summed E-state index contributed by atoms with van der Waals surface area (Å²) in [7, 11) is 0. The minimum absolute atomic E-state index is 0.0333. The fourth-order valence-electron chi connectivity index (χ4n) is 2.75. The molecular formula is C17H21N5O. The molecule has 1 aromatic carbocycles. The molecule has 6 nitrogen and oxygen atoms in total. The Morgan fingerprint density at radius 2 is 1.96 bits per heavy atom. The van der Waals surface area contributed by atoms with Gasteiger partial charge in [-0.25, -0.2) is 0 Å². The van der Waals surface area contributed by atoms with Gasteiger partial charge in [-0.1, -0.05) is 25.0 Å². The first-order valence-electron chi connectivity index (χ1n) is 8.05. The highest BCUT2D eigenvalue weighted by atomic mass is 16.1. The van der Waals surface area contributed by atoms with Gasteiger partial charge in [0.1, 0.15) is 0 Å². The van der Waals surface area contributed by atoms with E-state index in [4.69, 9.17) is 0 Å². The van der Waals surface area contributed by atoms with E-state index >= 15 is 0 Å². The van der Waals surface area contributed by atoms with Crippen molar-refractivity contribution >= 4 is 23.2 Å². The Morgan fingerprint density at radius 1 is 1.17 bits per heavy atom. The van der Waals surface area contributed by atoms with Crippen LogP contribution in [0.1, 0.15) is 43.0 Å². The number of rotatable bonds is 4. The molecule has 120 valence electrons. The summed E-state index contributed by atoms with van der Waals surface area (Å²) in [5, 5.41) is 11.2. The number of benzene rings is 1. The van der Waals surface area contributed by atoms with Crippen LogP contribution >= 0.6 is 0 Å². The van der Waals surface area contributed by atoms with E-state index in [1.54, 1.807) is 25.3 Å². The van der Waals surface area contributed by atoms with Crippen LogP contribution in [-0.2, 0) is 0 Å². The van der Waals surface area contributed by atoms with E-state index in [1.807, 2.05) is 12.1 Å². The fourth-order valence-corrected chi connectivity index (χ4v) is 2.75. The first-order valence-corrected chi connectivity index (χ1v) is 8.05. The van der Waals surface area contributed by atoms with E-state index in [0.717, 1.165) is 24.6 Å². The Morgan fingerprint density at radius 3 is 2.70 bits per heavy atom. The van der Waals surface area contributed by atoms with Gasteiger partial charge in [-0.15, -0.1) is 5.10 Å². The minimum atomic E-state index is 0.0333. The van der Waals surface area contributed by atoms with Crippen molar-refractivity contribution in [2.24, 2.45) is 0 Å². The van der Waals surface area contributed by atoms with Crippen LogP contribution in [0.15, 0.2) is 30.5 Å². The van der Waals surface area contributed by atoms with Gasteiger partial charge < -0.3 is 10.2 Å². The first kappa shape index (κ1) is 15.4. The molecule has 2 heterocycles. The van der Waals surface area contributed by atoms with Crippen molar-refractivity contribution in [1.82, 2.24) is 15.2 Å². The quantitative estimate of drug-likeness (QED) is 0.874. The van der Waals surface area contributed by atoms with Crippen LogP contribution in [0.4, 0.5) is 17.5 Å². The maximum atomic E-state index is 11.5. The molecule has 1 N–H and O–H groups in total. The van der Waals surface area contributed by atoms with Gasteiger partial charge in [0.2, 0.25) is 5.95 Å². The molecule has 0 bridgehead atoms. The number of aromatic nitrogens is 3. The van der Waals surface area contributed by atoms with Crippen molar-refractivity contribution in [3.05, 3.63) is 36.0 Å². The van der Waals surface area contributed by atoms with Crippen molar-refractivity contribution in [1.29, 1.82) is 0 Å². The molecule has 23 heavy (non-hydrogen) atoms. The molecular weight excluding hydrogens is 290 g/mol. The average molecular weight is 311 g/mol. The highest BCUT2D eigenvalue weighted by Gasteiger charge is 2.12. The van der Waals surface area contributed by atoms with Crippen molar-refractivity contribution in [2.45, 2.75) is 32.6 Å². The zero-order chi connectivity index (χ0) is 16.1. The van der Waals surface area contributed by atoms with Crippen LogP contribution in [0, 0.1) is 0 Å². The molecule has 0 radical (unpaired) electrons. The maximum absolute atomic E-state index is 11.5. The third kappa shape index (κ3) is 4.03. The molecule has 1 aliphatic heterocycles. The molecule has 0 spiro atoms. The van der Waals surface area contributed by atoms with Crippen LogP contribution in [0.25, 0.3) is 0 Å². The van der Waals surface area contributed by atoms with Gasteiger partial charge in [-0.3, -0.25) is 4.79 Å². The van der Waals surface area contributed by atoms with Crippen LogP contribution in [-0.4, -0.2) is 34.1 Å². The largest absolute Gasteiger partial charge is 0.355 e. The number of ketones is 1. The van der Waals surface area contributed by atoms with Crippen LogP contribution < -0.4 is 10.2 Å². The van der Waals surface area contributed by atoms with Gasteiger partial charge in [-0.2, -0.15) is 10.1 Å². The second-order valence-corrected chi connectivity index (χ2v) is 5.80. The monoisotopic (exact) mass is 311 g/mol. The van der Waals surface area contributed by atoms with Crippen molar-refractivity contribution in [3.8, 4) is 0 Å². The summed E-state index contributed by atoms with van der Waals surface area (Å²) in [5.41, 5.74) is 1.44. The lowest BCUT2D eigenvalue weighted by Crippen LogP contribution is -2.25. The number of nitrogens with one attached hydrogen (secondary N) is 1. The van der Waals surface area contributed by atoms with E-state index < -0.39 is 0 Å². The molecule has 1 aliphatic rings. The maximum Gasteiger partial charge on any atom is 0.249 e. The molecule has 0 aliphatic carbocycles. The summed E-state index contributed by atoms with van der Waals surface area (Å²) in [4.78, 5) is 18.3. The number of nitrogens with zero attached hydrogens (tertiary/aromatic N) is 4. The van der Waals surface area contributed by atoms with Gasteiger partial charge >= 0.3 is 0 Å². The third-order valence-electron chi connectivity index (χ3n) is 4.00. The highest BCUT2D eigenvalue weighted by Crippen LogP contribution is 2.19. The van der Waals surface area contributed by atoms with Gasteiger partial charge in [0.15, 0.2) is 11.6 Å². The zero-order valence-electron chi connectivity index (χ0n) is 13.3. The number of anilines is 3. The summed E-state index contributed by atoms with van der Waals surface area (Å²) in [6.07, 6.45) is 6.64. The minimum Gasteiger partial charge on any atom is -0.355 e. The Hall–Kier alpha value is -2.50. The number of carbonyl (C=O) groups excluding carboxylic acids is 1. The van der Waals surface area contributed by atoms with Crippen LogP contribution in [0.3, 0.4) is 0 Å². The van der Waals surface area contributed by atoms with Gasteiger partial charge in [0.05, 0.1) is 6.20 Å². The second kappa shape index (κ2) is 7.17. The summed E-state index contributed by atoms with van der Waals surface area (Å²) >= 11 is 0. The van der Waals surface area contributed by atoms with Crippen molar-refractivity contribution in [3.63, 3.8) is 0 Å². The van der Waals surface area contributed by atoms with Crippen molar-refractivity contribution < 1.29 is 4.79 Å². The standard InChI is InChI=1S/C17H21N5O/c1-13(23)14-7-6-8-15(11-14)19-17-20-16(12-18-21-17)22-9-4-2-3-5-10-22/h6-8,11-12H,2-5,9-10H2,1H3,(H,19,20,21). The SMILES string of the molecule is CC(=O)c1cccc(Nc2nncc(N3CCCCCC3)n2)c1. The van der Waals surface area contributed by atoms with Gasteiger partial charge in [-0.05, 0) is 31.9 Å². The van der Waals surface area contributed by atoms with Gasteiger partial charge in [0, 0.05) is 24.3 Å². The summed E-state index contributed by atoms with van der Waals surface area (Å²) < 4.78 is 0. The molecule has 1 saturated heterocycles. The molecule has 2 aromatic rings. The highest BCUT2D eigenvalue weighted by molar-refractivity contribution is 5.95. The third-order valence-corrected chi connectivity index (χ3v) is 4.00. The smallest absolute Gasteiger partial charge is 0.249 e. The normalized spacial score (nSPS) is 15.1. The van der Waals surface area contributed by atoms with Crippen LogP contribution in [0.5, 0.6) is 0 Å². The number of Topliss-reactive ketones (excluding diaryl/α,β-unsaturated/α-hetero) is 1. The average Bonchev–Trinajstić information content (AvgIpc) is 2.85. The molecule has 3 rings (SSSR count). The lowest BCUT2D eigenvalue weighted by molar-refractivity contribution is 0.101. The van der Waals surface area contributed by atoms with Crippen molar-refractivity contribution in [2.75, 3.05) is 23.3 Å². The lowest BCUT2D eigenvalue weighted by Gasteiger charge is -2.20. The summed E-state index contributed by atoms with van der Waals surface area (Å²) in [6, 6.07) is 7.31. The number of carbonyl (C=O) groups is 1. The van der Waals surface area contributed by atoms with Gasteiger partial charge in [0.25, 0.3) is 0 Å². The fraction of sp³-hybridized carbons (Fsp3) is 0.412. The van der Waals surface area contributed by atoms with Crippen LogP contribution in [0.2, 0.25) is 0 Å². The van der Waals surface area contributed by atoms with E-state index in [1.165, 1.54) is 25.7 Å². The predicted molar refractivity (Wildman–Crippen MR) is 90.2 cm³/mol. The Kier molecular flexibility index (Phi) is 4.80. The molecule has 0 atom stereocenters. The Balaban J connectivity index is 1.77. The number of hydrogen-bond donors (Lipinski definition) is 1. The topological polar surface area (TPSA) is 71.0 Å². The van der Waals surface area contributed by atoms with E-state index in [-0.39, 0.29) is 5.78 Å². The molecule has 0 amide bonds. The molecule has 6 heteroatoms. The number of hydrogen-bond acceptors (Lipinski definition) is 6. The second-order valence-electron chi connectivity index (χ2n) is 5.80. The lowest BCUT2D eigenvalue weighted by atomic mass is 10.1. The molecule has 0 saturated carbocycles. The molecule has 1 aromatic heterocycles. The van der Waals surface area contributed by atoms with E-state index in [0.29, 0.717) is 11.5 Å². The molecule has 0 unspecified atom stereocenters. The Labute approximate surface area is 136 Å². The van der Waals surface area contributed by atoms with E-state index in [9.17, 15) is 4.79 Å². The zero-order valence-corrected chi connectivity index (χ0v) is 13.3. The molecule has 1 fully saturated rings. The first-order chi connectivity index (χ1) is 11.2. The summed E-state index contributed by atoms with van der Waals surface area (Å²) in [5.74, 6) is 1.34.